The van der Waals surface area contributed by atoms with Gasteiger partial charge in [-0.2, -0.15) is 0 Å². The van der Waals surface area contributed by atoms with Crippen LogP contribution in [0.4, 0.5) is 4.79 Å². The minimum Gasteiger partial charge on any atom is -0.448 e. The maximum atomic E-state index is 11.4. The van der Waals surface area contributed by atoms with Crippen LogP contribution in [0.25, 0.3) is 11.3 Å². The predicted octanol–water partition coefficient (Wildman–Crippen LogP) is 3.48. The molecule has 2 aromatic heterocycles. The maximum Gasteiger partial charge on any atom is 0.409 e. The van der Waals surface area contributed by atoms with Gasteiger partial charge in [0, 0.05) is 33.7 Å². The zero-order valence-corrected chi connectivity index (χ0v) is 13.1. The van der Waals surface area contributed by atoms with E-state index in [0.717, 1.165) is 17.1 Å². The highest BCUT2D eigenvalue weighted by molar-refractivity contribution is 7.12. The fourth-order valence-electron chi connectivity index (χ4n) is 2.29. The summed E-state index contributed by atoms with van der Waals surface area (Å²) in [7, 11) is 0. The molecule has 1 amide bonds. The molecule has 2 aromatic rings. The first kappa shape index (κ1) is 13.6. The lowest BCUT2D eigenvalue weighted by atomic mass is 10.2. The Balaban J connectivity index is 1.68. The summed E-state index contributed by atoms with van der Waals surface area (Å²) in [5, 5.41) is 3.18. The number of cyclic esters (lactones) is 1. The largest absolute Gasteiger partial charge is 0.448 e. The van der Waals surface area contributed by atoms with Gasteiger partial charge in [0.15, 0.2) is 0 Å². The summed E-state index contributed by atoms with van der Waals surface area (Å²) in [6.45, 7) is 6.14. The second-order valence-electron chi connectivity index (χ2n) is 4.80. The maximum absolute atomic E-state index is 11.4. The van der Waals surface area contributed by atoms with Gasteiger partial charge in [-0.05, 0) is 19.9 Å². The average Bonchev–Trinajstić information content (AvgIpc) is 3.08. The average molecular weight is 308 g/mol. The minimum atomic E-state index is -0.203. The van der Waals surface area contributed by atoms with Gasteiger partial charge in [-0.15, -0.1) is 22.7 Å². The van der Waals surface area contributed by atoms with Crippen molar-refractivity contribution in [2.45, 2.75) is 20.3 Å². The molecule has 4 nitrogen and oxygen atoms in total. The van der Waals surface area contributed by atoms with E-state index in [1.807, 2.05) is 0 Å². The van der Waals surface area contributed by atoms with Crippen molar-refractivity contribution in [2.24, 2.45) is 0 Å². The number of aryl methyl sites for hydroxylation is 2. The van der Waals surface area contributed by atoms with Crippen LogP contribution >= 0.6 is 22.7 Å². The lowest BCUT2D eigenvalue weighted by molar-refractivity contribution is 0.159. The van der Waals surface area contributed by atoms with Crippen LogP contribution in [0.5, 0.6) is 0 Å². The van der Waals surface area contributed by atoms with Crippen LogP contribution < -0.4 is 0 Å². The van der Waals surface area contributed by atoms with E-state index in [1.165, 1.54) is 15.3 Å². The van der Waals surface area contributed by atoms with Crippen molar-refractivity contribution in [3.05, 3.63) is 26.2 Å². The lowest BCUT2D eigenvalue weighted by Crippen LogP contribution is -2.26. The second-order valence-corrected chi connectivity index (χ2v) is 7.21. The SMILES string of the molecule is Cc1cc(-c2csc(CCN3CCOC3=O)n2)c(C)s1. The van der Waals surface area contributed by atoms with E-state index < -0.39 is 0 Å². The summed E-state index contributed by atoms with van der Waals surface area (Å²) in [5.41, 5.74) is 2.28. The molecular formula is C14H16N2O2S2. The van der Waals surface area contributed by atoms with Crippen molar-refractivity contribution in [3.8, 4) is 11.3 Å². The van der Waals surface area contributed by atoms with E-state index in [1.54, 1.807) is 27.6 Å². The standard InChI is InChI=1S/C14H16N2O2S2/c1-9-7-11(10(2)20-9)12-8-19-13(15-12)3-4-16-5-6-18-14(16)17/h7-8H,3-6H2,1-2H3. The summed E-state index contributed by atoms with van der Waals surface area (Å²) in [5.74, 6) is 0. The number of hydrogen-bond donors (Lipinski definition) is 0. The molecule has 1 aliphatic heterocycles. The van der Waals surface area contributed by atoms with Crippen molar-refractivity contribution < 1.29 is 9.53 Å². The molecule has 106 valence electrons. The molecule has 0 aliphatic carbocycles. The molecule has 20 heavy (non-hydrogen) atoms. The molecule has 0 bridgehead atoms. The van der Waals surface area contributed by atoms with Gasteiger partial charge < -0.3 is 9.64 Å². The summed E-state index contributed by atoms with van der Waals surface area (Å²) in [6, 6.07) is 2.19. The van der Waals surface area contributed by atoms with E-state index in [4.69, 9.17) is 4.74 Å². The zero-order chi connectivity index (χ0) is 14.1. The first-order valence-electron chi connectivity index (χ1n) is 6.57. The van der Waals surface area contributed by atoms with E-state index in [0.29, 0.717) is 19.7 Å². The Labute approximate surface area is 126 Å². The van der Waals surface area contributed by atoms with Crippen molar-refractivity contribution in [2.75, 3.05) is 19.7 Å². The third-order valence-electron chi connectivity index (χ3n) is 3.31. The Bertz CT molecular complexity index is 633. The summed E-state index contributed by atoms with van der Waals surface area (Å²) < 4.78 is 4.92. The van der Waals surface area contributed by atoms with Crippen molar-refractivity contribution in [1.29, 1.82) is 0 Å². The van der Waals surface area contributed by atoms with E-state index >= 15 is 0 Å². The summed E-state index contributed by atoms with van der Waals surface area (Å²) in [4.78, 5) is 20.4. The summed E-state index contributed by atoms with van der Waals surface area (Å²) in [6.07, 6.45) is 0.591. The van der Waals surface area contributed by atoms with Crippen LogP contribution in [0, 0.1) is 13.8 Å². The molecule has 0 saturated carbocycles. The number of nitrogens with zero attached hydrogens (tertiary/aromatic N) is 2. The number of hydrogen-bond acceptors (Lipinski definition) is 5. The van der Waals surface area contributed by atoms with Gasteiger partial charge in [-0.3, -0.25) is 0 Å². The van der Waals surface area contributed by atoms with Gasteiger partial charge >= 0.3 is 6.09 Å². The van der Waals surface area contributed by atoms with Crippen LogP contribution in [0.1, 0.15) is 14.8 Å². The quantitative estimate of drug-likeness (QED) is 0.868. The van der Waals surface area contributed by atoms with Crippen LogP contribution in [0.2, 0.25) is 0 Å². The highest BCUT2D eigenvalue weighted by atomic mass is 32.1. The molecule has 0 spiro atoms. The zero-order valence-electron chi connectivity index (χ0n) is 11.5. The van der Waals surface area contributed by atoms with E-state index in [9.17, 15) is 4.79 Å². The number of rotatable bonds is 4. The van der Waals surface area contributed by atoms with E-state index in [2.05, 4.69) is 30.3 Å². The molecule has 3 rings (SSSR count). The Morgan fingerprint density at radius 2 is 2.30 bits per heavy atom. The Morgan fingerprint density at radius 1 is 1.45 bits per heavy atom. The van der Waals surface area contributed by atoms with Gasteiger partial charge in [0.1, 0.15) is 6.61 Å². The van der Waals surface area contributed by atoms with Gasteiger partial charge in [-0.25, -0.2) is 9.78 Å². The highest BCUT2D eigenvalue weighted by Crippen LogP contribution is 2.31. The number of aromatic nitrogens is 1. The number of thiazole rings is 1. The highest BCUT2D eigenvalue weighted by Gasteiger charge is 2.21. The Morgan fingerprint density at radius 3 is 2.95 bits per heavy atom. The first-order chi connectivity index (χ1) is 9.63. The minimum absolute atomic E-state index is 0.203. The van der Waals surface area contributed by atoms with Crippen molar-refractivity contribution in [1.82, 2.24) is 9.88 Å². The van der Waals surface area contributed by atoms with Gasteiger partial charge in [0.05, 0.1) is 17.2 Å². The molecular weight excluding hydrogens is 292 g/mol. The van der Waals surface area contributed by atoms with Crippen LogP contribution in [0.3, 0.4) is 0 Å². The van der Waals surface area contributed by atoms with Crippen molar-refractivity contribution >= 4 is 28.8 Å². The molecule has 1 aliphatic rings. The van der Waals surface area contributed by atoms with Gasteiger partial charge in [0.25, 0.3) is 0 Å². The topological polar surface area (TPSA) is 42.4 Å². The number of carbonyl (C=O) groups is 1. The Kier molecular flexibility index (Phi) is 3.76. The second kappa shape index (κ2) is 5.54. The smallest absolute Gasteiger partial charge is 0.409 e. The summed E-state index contributed by atoms with van der Waals surface area (Å²) >= 11 is 3.46. The number of thiophene rings is 1. The molecule has 0 radical (unpaired) electrons. The van der Waals surface area contributed by atoms with Crippen LogP contribution in [-0.2, 0) is 11.2 Å². The third-order valence-corrected chi connectivity index (χ3v) is 5.18. The van der Waals surface area contributed by atoms with Crippen molar-refractivity contribution in [3.63, 3.8) is 0 Å². The molecule has 0 N–H and O–H groups in total. The number of ether oxygens (including phenoxy) is 1. The Hall–Kier alpha value is -1.40. The van der Waals surface area contributed by atoms with E-state index in [-0.39, 0.29) is 6.09 Å². The molecule has 3 heterocycles. The molecule has 1 fully saturated rings. The predicted molar refractivity (Wildman–Crippen MR) is 81.5 cm³/mol. The number of carbonyl (C=O) groups excluding carboxylic acids is 1. The lowest BCUT2D eigenvalue weighted by Gasteiger charge is -2.10. The molecule has 0 atom stereocenters. The van der Waals surface area contributed by atoms with Gasteiger partial charge in [0.2, 0.25) is 0 Å². The fraction of sp³-hybridized carbons (Fsp3) is 0.429. The number of amides is 1. The molecule has 0 aromatic carbocycles. The first-order valence-corrected chi connectivity index (χ1v) is 8.26. The fourth-order valence-corrected chi connectivity index (χ4v) is 4.01. The van der Waals surface area contributed by atoms with Crippen LogP contribution in [-0.4, -0.2) is 35.7 Å². The molecule has 1 saturated heterocycles. The third kappa shape index (κ3) is 2.71. The monoisotopic (exact) mass is 308 g/mol. The van der Waals surface area contributed by atoms with Gasteiger partial charge in [-0.1, -0.05) is 0 Å². The van der Waals surface area contributed by atoms with Crippen LogP contribution in [0.15, 0.2) is 11.4 Å². The molecule has 6 heteroatoms. The normalized spacial score (nSPS) is 14.9. The molecule has 0 unspecified atom stereocenters.